The lowest BCUT2D eigenvalue weighted by Crippen LogP contribution is -2.41. The fraction of sp³-hybridized carbons (Fsp3) is 0.381. The van der Waals surface area contributed by atoms with Crippen LogP contribution < -0.4 is 0 Å². The highest BCUT2D eigenvalue weighted by atomic mass is 16.6. The molecule has 0 aliphatic rings. The van der Waals surface area contributed by atoms with E-state index >= 15 is 0 Å². The molecule has 5 heteroatoms. The van der Waals surface area contributed by atoms with E-state index in [1.807, 2.05) is 6.07 Å². The predicted octanol–water partition coefficient (Wildman–Crippen LogP) is 3.34. The predicted molar refractivity (Wildman–Crippen MR) is 98.3 cm³/mol. The lowest BCUT2D eigenvalue weighted by atomic mass is 9.80. The van der Waals surface area contributed by atoms with Gasteiger partial charge in [-0.3, -0.25) is 14.4 Å². The Balaban J connectivity index is 3.10. The van der Waals surface area contributed by atoms with Gasteiger partial charge < -0.3 is 9.47 Å². The Hall–Kier alpha value is -2.87. The van der Waals surface area contributed by atoms with Gasteiger partial charge in [-0.05, 0) is 33.3 Å². The molecule has 0 N–H and O–H groups in total. The standard InChI is InChI=1S/C21H24O5/c1-4-7-15-21(19(23)25-5-2,20(24)26-6-3)16-11-14-18(22)17-12-9-8-10-13-17/h8-14H,5-6,15-16H2,1-3H3/b14-11+. The number of ether oxygens (including phenoxy) is 2. The first kappa shape index (κ1) is 21.2. The highest BCUT2D eigenvalue weighted by Gasteiger charge is 2.47. The van der Waals surface area contributed by atoms with Gasteiger partial charge in [0.1, 0.15) is 0 Å². The van der Waals surface area contributed by atoms with Crippen molar-refractivity contribution in [1.82, 2.24) is 0 Å². The molecule has 1 rings (SSSR count). The summed E-state index contributed by atoms with van der Waals surface area (Å²) in [6, 6.07) is 8.73. The van der Waals surface area contributed by atoms with Gasteiger partial charge in [-0.2, -0.15) is 0 Å². The van der Waals surface area contributed by atoms with Crippen molar-refractivity contribution in [1.29, 1.82) is 0 Å². The Kier molecular flexibility index (Phi) is 8.86. The number of esters is 2. The summed E-state index contributed by atoms with van der Waals surface area (Å²) in [6.45, 7) is 5.20. The molecule has 0 aliphatic heterocycles. The Morgan fingerprint density at radius 1 is 1.04 bits per heavy atom. The topological polar surface area (TPSA) is 69.7 Å². The van der Waals surface area contributed by atoms with Crippen LogP contribution in [0.5, 0.6) is 0 Å². The van der Waals surface area contributed by atoms with E-state index < -0.39 is 17.4 Å². The number of allylic oxidation sites excluding steroid dienone is 2. The molecule has 5 nitrogen and oxygen atoms in total. The number of carbonyl (C=O) groups is 3. The molecule has 0 atom stereocenters. The quantitative estimate of drug-likeness (QED) is 0.223. The molecule has 0 aromatic heterocycles. The van der Waals surface area contributed by atoms with Gasteiger partial charge in [0.2, 0.25) is 0 Å². The van der Waals surface area contributed by atoms with Crippen molar-refractivity contribution in [2.75, 3.05) is 13.2 Å². The van der Waals surface area contributed by atoms with Crippen LogP contribution in [0.1, 0.15) is 44.0 Å². The first-order chi connectivity index (χ1) is 12.5. The zero-order valence-electron chi connectivity index (χ0n) is 15.4. The molecule has 0 radical (unpaired) electrons. The summed E-state index contributed by atoms with van der Waals surface area (Å²) in [5.74, 6) is 3.85. The minimum absolute atomic E-state index is 0.0298. The van der Waals surface area contributed by atoms with E-state index in [1.54, 1.807) is 45.0 Å². The van der Waals surface area contributed by atoms with Gasteiger partial charge in [0.25, 0.3) is 0 Å². The van der Waals surface area contributed by atoms with Crippen LogP contribution in [0.15, 0.2) is 42.5 Å². The van der Waals surface area contributed by atoms with E-state index in [0.717, 1.165) is 0 Å². The van der Waals surface area contributed by atoms with Crippen LogP contribution in [-0.4, -0.2) is 30.9 Å². The summed E-state index contributed by atoms with van der Waals surface area (Å²) in [6.07, 6.45) is 2.78. The van der Waals surface area contributed by atoms with Crippen LogP contribution in [0.25, 0.3) is 0 Å². The number of ketones is 1. The minimum atomic E-state index is -1.58. The maximum Gasteiger partial charge on any atom is 0.324 e. The zero-order chi connectivity index (χ0) is 19.4. The minimum Gasteiger partial charge on any atom is -0.465 e. The second-order valence-corrected chi connectivity index (χ2v) is 5.46. The first-order valence-electron chi connectivity index (χ1n) is 8.51. The fourth-order valence-corrected chi connectivity index (χ4v) is 2.31. The Morgan fingerprint density at radius 3 is 2.12 bits per heavy atom. The summed E-state index contributed by atoms with van der Waals surface area (Å²) in [5, 5.41) is 0. The highest BCUT2D eigenvalue weighted by Crippen LogP contribution is 2.31. The largest absolute Gasteiger partial charge is 0.465 e. The van der Waals surface area contributed by atoms with E-state index in [0.29, 0.717) is 5.56 Å². The van der Waals surface area contributed by atoms with E-state index in [2.05, 4.69) is 11.8 Å². The first-order valence-corrected chi connectivity index (χ1v) is 8.51. The van der Waals surface area contributed by atoms with Gasteiger partial charge in [0, 0.05) is 12.0 Å². The number of benzene rings is 1. The smallest absolute Gasteiger partial charge is 0.324 e. The van der Waals surface area contributed by atoms with Crippen molar-refractivity contribution in [3.8, 4) is 11.8 Å². The maximum atomic E-state index is 12.5. The molecule has 0 fully saturated rings. The Bertz CT molecular complexity index is 689. The SMILES string of the molecule is CC#CCC(C/C=C/C(=O)c1ccccc1)(C(=O)OCC)C(=O)OCC. The Labute approximate surface area is 154 Å². The van der Waals surface area contributed by atoms with Crippen molar-refractivity contribution in [3.63, 3.8) is 0 Å². The van der Waals surface area contributed by atoms with Crippen LogP contribution in [0.3, 0.4) is 0 Å². The molecule has 0 amide bonds. The maximum absolute atomic E-state index is 12.5. The number of hydrogen-bond donors (Lipinski definition) is 0. The fourth-order valence-electron chi connectivity index (χ4n) is 2.31. The second-order valence-electron chi connectivity index (χ2n) is 5.46. The van der Waals surface area contributed by atoms with Gasteiger partial charge in [-0.15, -0.1) is 11.8 Å². The number of carbonyl (C=O) groups excluding carboxylic acids is 3. The molecule has 0 saturated heterocycles. The third-order valence-electron chi connectivity index (χ3n) is 3.69. The molecule has 0 spiro atoms. The van der Waals surface area contributed by atoms with Crippen molar-refractivity contribution < 1.29 is 23.9 Å². The molecular formula is C21H24O5. The van der Waals surface area contributed by atoms with Crippen LogP contribution in [0.4, 0.5) is 0 Å². The molecule has 0 saturated carbocycles. The number of hydrogen-bond acceptors (Lipinski definition) is 5. The molecule has 26 heavy (non-hydrogen) atoms. The highest BCUT2D eigenvalue weighted by molar-refractivity contribution is 6.05. The number of rotatable bonds is 9. The van der Waals surface area contributed by atoms with Gasteiger partial charge in [-0.1, -0.05) is 36.4 Å². The van der Waals surface area contributed by atoms with E-state index in [-0.39, 0.29) is 31.8 Å². The third-order valence-corrected chi connectivity index (χ3v) is 3.69. The summed E-state index contributed by atoms with van der Waals surface area (Å²) < 4.78 is 10.2. The van der Waals surface area contributed by atoms with Gasteiger partial charge in [-0.25, -0.2) is 0 Å². The molecule has 0 bridgehead atoms. The molecule has 0 aliphatic carbocycles. The van der Waals surface area contributed by atoms with E-state index in [1.165, 1.54) is 12.2 Å². The second kappa shape index (κ2) is 10.9. The van der Waals surface area contributed by atoms with Crippen LogP contribution in [-0.2, 0) is 19.1 Å². The average molecular weight is 356 g/mol. The van der Waals surface area contributed by atoms with Crippen LogP contribution in [0.2, 0.25) is 0 Å². The molecule has 138 valence electrons. The van der Waals surface area contributed by atoms with Crippen LogP contribution >= 0.6 is 0 Å². The van der Waals surface area contributed by atoms with Gasteiger partial charge in [0.15, 0.2) is 11.2 Å². The Morgan fingerprint density at radius 2 is 1.62 bits per heavy atom. The lowest BCUT2D eigenvalue weighted by molar-refractivity contribution is -0.171. The van der Waals surface area contributed by atoms with E-state index in [4.69, 9.17) is 9.47 Å². The van der Waals surface area contributed by atoms with Crippen molar-refractivity contribution in [2.24, 2.45) is 5.41 Å². The molecule has 0 heterocycles. The summed E-state index contributed by atoms with van der Waals surface area (Å²) >= 11 is 0. The van der Waals surface area contributed by atoms with Crippen molar-refractivity contribution >= 4 is 17.7 Å². The lowest BCUT2D eigenvalue weighted by Gasteiger charge is -2.26. The van der Waals surface area contributed by atoms with Crippen molar-refractivity contribution in [3.05, 3.63) is 48.0 Å². The summed E-state index contributed by atoms with van der Waals surface area (Å²) in [7, 11) is 0. The van der Waals surface area contributed by atoms with Crippen molar-refractivity contribution in [2.45, 2.75) is 33.6 Å². The molecule has 1 aromatic carbocycles. The van der Waals surface area contributed by atoms with E-state index in [9.17, 15) is 14.4 Å². The van der Waals surface area contributed by atoms with Gasteiger partial charge >= 0.3 is 11.9 Å². The normalized spacial score (nSPS) is 10.7. The monoisotopic (exact) mass is 356 g/mol. The molecule has 0 unspecified atom stereocenters. The van der Waals surface area contributed by atoms with Gasteiger partial charge in [0.05, 0.1) is 13.2 Å². The zero-order valence-corrected chi connectivity index (χ0v) is 15.4. The average Bonchev–Trinajstić information content (AvgIpc) is 2.65. The third kappa shape index (κ3) is 5.59. The molecule has 1 aromatic rings. The van der Waals surface area contributed by atoms with Crippen LogP contribution in [0, 0.1) is 17.3 Å². The summed E-state index contributed by atoms with van der Waals surface area (Å²) in [4.78, 5) is 37.2. The molecular weight excluding hydrogens is 332 g/mol. The summed E-state index contributed by atoms with van der Waals surface area (Å²) in [5.41, 5.74) is -1.06.